The number of hydrogen-bond acceptors (Lipinski definition) is 2. The molecule has 0 bridgehead atoms. The maximum absolute atomic E-state index is 13.3. The fourth-order valence-corrected chi connectivity index (χ4v) is 2.25. The van der Waals surface area contributed by atoms with Crippen molar-refractivity contribution >= 4 is 0 Å². The van der Waals surface area contributed by atoms with Gasteiger partial charge in [-0.05, 0) is 25.0 Å². The smallest absolute Gasteiger partial charge is 0.131 e. The number of halogens is 2. The highest BCUT2D eigenvalue weighted by Gasteiger charge is 2.29. The van der Waals surface area contributed by atoms with E-state index in [-0.39, 0.29) is 17.7 Å². The lowest BCUT2D eigenvalue weighted by Gasteiger charge is -2.23. The van der Waals surface area contributed by atoms with Crippen LogP contribution in [0, 0.1) is 11.6 Å². The van der Waals surface area contributed by atoms with E-state index in [0.717, 1.165) is 25.7 Å². The molecule has 0 aliphatic heterocycles. The molecule has 4 heteroatoms. The average molecular weight is 241 g/mol. The van der Waals surface area contributed by atoms with E-state index >= 15 is 0 Å². The van der Waals surface area contributed by atoms with Gasteiger partial charge in [-0.1, -0.05) is 18.9 Å². The van der Waals surface area contributed by atoms with Crippen molar-refractivity contribution in [1.82, 2.24) is 0 Å². The highest BCUT2D eigenvalue weighted by molar-refractivity contribution is 5.18. The molecule has 94 valence electrons. The lowest BCUT2D eigenvalue weighted by atomic mass is 10.0. The fraction of sp³-hybridized carbons (Fsp3) is 0.538. The summed E-state index contributed by atoms with van der Waals surface area (Å²) in [5, 5.41) is 0. The minimum absolute atomic E-state index is 0.0194. The molecule has 0 aromatic heterocycles. The van der Waals surface area contributed by atoms with Gasteiger partial charge in [0.25, 0.3) is 0 Å². The first kappa shape index (κ1) is 12.5. The lowest BCUT2D eigenvalue weighted by Crippen LogP contribution is -2.41. The van der Waals surface area contributed by atoms with Gasteiger partial charge in [0.1, 0.15) is 11.6 Å². The maximum atomic E-state index is 13.3. The van der Waals surface area contributed by atoms with Crippen molar-refractivity contribution in [3.8, 4) is 0 Å². The Morgan fingerprint density at radius 2 is 1.76 bits per heavy atom. The second-order valence-electron chi connectivity index (χ2n) is 4.76. The van der Waals surface area contributed by atoms with Crippen molar-refractivity contribution in [1.29, 1.82) is 0 Å². The zero-order valence-corrected chi connectivity index (χ0v) is 9.72. The van der Waals surface area contributed by atoms with Crippen LogP contribution in [-0.4, -0.2) is 12.1 Å². The number of rotatable bonds is 4. The van der Waals surface area contributed by atoms with Crippen LogP contribution < -0.4 is 5.73 Å². The van der Waals surface area contributed by atoms with Gasteiger partial charge in [-0.15, -0.1) is 0 Å². The average Bonchev–Trinajstić information content (AvgIpc) is 2.70. The van der Waals surface area contributed by atoms with E-state index in [2.05, 4.69) is 0 Å². The molecule has 17 heavy (non-hydrogen) atoms. The van der Waals surface area contributed by atoms with E-state index in [1.54, 1.807) is 0 Å². The van der Waals surface area contributed by atoms with E-state index in [9.17, 15) is 8.78 Å². The molecule has 1 aliphatic rings. The predicted molar refractivity (Wildman–Crippen MR) is 61.4 cm³/mol. The third-order valence-corrected chi connectivity index (χ3v) is 3.30. The van der Waals surface area contributed by atoms with E-state index < -0.39 is 11.6 Å². The van der Waals surface area contributed by atoms with E-state index in [1.165, 1.54) is 18.2 Å². The molecule has 1 aliphatic carbocycles. The summed E-state index contributed by atoms with van der Waals surface area (Å²) < 4.78 is 32.0. The number of nitrogens with two attached hydrogens (primary N) is 1. The van der Waals surface area contributed by atoms with Crippen LogP contribution in [-0.2, 0) is 11.3 Å². The van der Waals surface area contributed by atoms with Crippen LogP contribution in [0.4, 0.5) is 8.78 Å². The Labute approximate surface area is 99.8 Å². The topological polar surface area (TPSA) is 35.2 Å². The van der Waals surface area contributed by atoms with Gasteiger partial charge >= 0.3 is 0 Å². The van der Waals surface area contributed by atoms with E-state index in [4.69, 9.17) is 10.5 Å². The fourth-order valence-electron chi connectivity index (χ4n) is 2.25. The molecule has 1 saturated carbocycles. The van der Waals surface area contributed by atoms with Crippen LogP contribution in [0.15, 0.2) is 18.2 Å². The Morgan fingerprint density at radius 3 is 2.35 bits per heavy atom. The standard InChI is InChI=1S/C13H17F2NO/c14-11-4-3-5-12(15)10(11)8-17-9-13(16)6-1-2-7-13/h3-5H,1-2,6-9,16H2. The first-order chi connectivity index (χ1) is 8.11. The summed E-state index contributed by atoms with van der Waals surface area (Å²) in [6.07, 6.45) is 4.06. The van der Waals surface area contributed by atoms with Crippen LogP contribution in [0.2, 0.25) is 0 Å². The van der Waals surface area contributed by atoms with Crippen LogP contribution in [0.3, 0.4) is 0 Å². The monoisotopic (exact) mass is 241 g/mol. The molecule has 0 saturated heterocycles. The molecule has 2 N–H and O–H groups in total. The lowest BCUT2D eigenvalue weighted by molar-refractivity contribution is 0.0715. The third kappa shape index (κ3) is 3.01. The molecule has 2 rings (SSSR count). The van der Waals surface area contributed by atoms with Crippen LogP contribution >= 0.6 is 0 Å². The zero-order valence-electron chi connectivity index (χ0n) is 9.72. The Hall–Kier alpha value is -1.00. The molecule has 0 amide bonds. The third-order valence-electron chi connectivity index (χ3n) is 3.30. The number of hydrogen-bond donors (Lipinski definition) is 1. The molecular weight excluding hydrogens is 224 g/mol. The Bertz CT molecular complexity index is 369. The first-order valence-electron chi connectivity index (χ1n) is 5.90. The van der Waals surface area contributed by atoms with Crippen molar-refractivity contribution in [2.24, 2.45) is 5.73 Å². The SMILES string of the molecule is NC1(COCc2c(F)cccc2F)CCCC1. The van der Waals surface area contributed by atoms with E-state index in [0.29, 0.717) is 6.61 Å². The molecule has 0 unspecified atom stereocenters. The predicted octanol–water partition coefficient (Wildman–Crippen LogP) is 2.75. The molecule has 1 aromatic carbocycles. The molecular formula is C13H17F2NO. The summed E-state index contributed by atoms with van der Waals surface area (Å²) in [7, 11) is 0. The molecule has 0 heterocycles. The quantitative estimate of drug-likeness (QED) is 0.879. The highest BCUT2D eigenvalue weighted by atomic mass is 19.1. The van der Waals surface area contributed by atoms with Gasteiger partial charge < -0.3 is 10.5 Å². The van der Waals surface area contributed by atoms with Gasteiger partial charge in [0.2, 0.25) is 0 Å². The highest BCUT2D eigenvalue weighted by Crippen LogP contribution is 2.27. The molecule has 1 aromatic rings. The largest absolute Gasteiger partial charge is 0.375 e. The maximum Gasteiger partial charge on any atom is 0.131 e. The van der Waals surface area contributed by atoms with Gasteiger partial charge in [-0.2, -0.15) is 0 Å². The Morgan fingerprint density at radius 1 is 1.18 bits per heavy atom. The summed E-state index contributed by atoms with van der Waals surface area (Å²) in [6, 6.07) is 3.81. The minimum Gasteiger partial charge on any atom is -0.375 e. The van der Waals surface area contributed by atoms with Crippen molar-refractivity contribution < 1.29 is 13.5 Å². The Balaban J connectivity index is 1.90. The Kier molecular flexibility index (Phi) is 3.74. The van der Waals surface area contributed by atoms with Gasteiger partial charge in [0, 0.05) is 11.1 Å². The van der Waals surface area contributed by atoms with Crippen LogP contribution in [0.5, 0.6) is 0 Å². The summed E-state index contributed by atoms with van der Waals surface area (Å²) in [5.74, 6) is -1.13. The molecule has 0 radical (unpaired) electrons. The van der Waals surface area contributed by atoms with E-state index in [1.807, 2.05) is 0 Å². The molecule has 2 nitrogen and oxygen atoms in total. The van der Waals surface area contributed by atoms with Gasteiger partial charge in [0.15, 0.2) is 0 Å². The van der Waals surface area contributed by atoms with Crippen LogP contribution in [0.25, 0.3) is 0 Å². The van der Waals surface area contributed by atoms with Crippen molar-refractivity contribution in [2.75, 3.05) is 6.61 Å². The minimum atomic E-state index is -0.567. The van der Waals surface area contributed by atoms with Gasteiger partial charge in [-0.25, -0.2) is 8.78 Å². The second kappa shape index (κ2) is 5.10. The zero-order chi connectivity index (χ0) is 12.3. The number of benzene rings is 1. The number of ether oxygens (including phenoxy) is 1. The molecule has 0 atom stereocenters. The van der Waals surface area contributed by atoms with Crippen molar-refractivity contribution in [3.05, 3.63) is 35.4 Å². The molecule has 0 spiro atoms. The summed E-state index contributed by atoms with van der Waals surface area (Å²) >= 11 is 0. The van der Waals surface area contributed by atoms with Crippen molar-refractivity contribution in [3.63, 3.8) is 0 Å². The van der Waals surface area contributed by atoms with Crippen molar-refractivity contribution in [2.45, 2.75) is 37.8 Å². The van der Waals surface area contributed by atoms with Crippen LogP contribution in [0.1, 0.15) is 31.2 Å². The molecule has 1 fully saturated rings. The summed E-state index contributed by atoms with van der Waals surface area (Å²) in [6.45, 7) is 0.304. The van der Waals surface area contributed by atoms with Gasteiger partial charge in [0.05, 0.1) is 13.2 Å². The summed E-state index contributed by atoms with van der Waals surface area (Å²) in [4.78, 5) is 0. The second-order valence-corrected chi connectivity index (χ2v) is 4.76. The normalized spacial score (nSPS) is 18.5. The van der Waals surface area contributed by atoms with Gasteiger partial charge in [-0.3, -0.25) is 0 Å². The first-order valence-corrected chi connectivity index (χ1v) is 5.90. The summed E-state index contributed by atoms with van der Waals surface area (Å²) in [5.41, 5.74) is 5.76.